The van der Waals surface area contributed by atoms with Gasteiger partial charge in [0.1, 0.15) is 17.4 Å². The monoisotopic (exact) mass is 362 g/mol. The van der Waals surface area contributed by atoms with Crippen LogP contribution in [-0.4, -0.2) is 13.0 Å². The van der Waals surface area contributed by atoms with Gasteiger partial charge in [-0.25, -0.2) is 0 Å². The van der Waals surface area contributed by atoms with Gasteiger partial charge in [-0.05, 0) is 23.8 Å². The Bertz CT molecular complexity index is 1070. The average molecular weight is 363 g/mol. The van der Waals surface area contributed by atoms with Crippen molar-refractivity contribution >= 4 is 28.3 Å². The molecule has 2 atom stereocenters. The van der Waals surface area contributed by atoms with E-state index in [4.69, 9.17) is 26.5 Å². The molecule has 5 heteroatoms. The second kappa shape index (κ2) is 6.36. The number of nitrogens with one attached hydrogen (secondary N) is 1. The van der Waals surface area contributed by atoms with E-state index in [0.29, 0.717) is 16.5 Å². The molecule has 0 radical (unpaired) electrons. The van der Waals surface area contributed by atoms with Gasteiger partial charge in [0.25, 0.3) is 0 Å². The Morgan fingerprint density at radius 1 is 1.12 bits per heavy atom. The lowest BCUT2D eigenvalue weighted by atomic mass is 9.78. The van der Waals surface area contributed by atoms with Gasteiger partial charge >= 0.3 is 0 Å². The van der Waals surface area contributed by atoms with E-state index in [0.717, 1.165) is 21.9 Å². The van der Waals surface area contributed by atoms with E-state index in [1.807, 2.05) is 54.6 Å². The minimum atomic E-state index is -0.730. The highest BCUT2D eigenvalue weighted by Gasteiger charge is 2.38. The van der Waals surface area contributed by atoms with Crippen LogP contribution in [0.3, 0.4) is 0 Å². The van der Waals surface area contributed by atoms with E-state index in [1.165, 1.54) is 0 Å². The van der Waals surface area contributed by atoms with Crippen LogP contribution in [0.15, 0.2) is 54.6 Å². The summed E-state index contributed by atoms with van der Waals surface area (Å²) in [4.78, 5) is 0. The number of rotatable bonds is 2. The summed E-state index contributed by atoms with van der Waals surface area (Å²) >= 11 is 6.52. The number of nitrogens with zero attached hydrogens (tertiary/aromatic N) is 1. The minimum absolute atomic E-state index is 0.0553. The Morgan fingerprint density at radius 2 is 1.88 bits per heavy atom. The number of fused-ring (bicyclic) bond motifs is 3. The molecular formula is C21H15ClN2O2. The fourth-order valence-corrected chi connectivity index (χ4v) is 3.80. The van der Waals surface area contributed by atoms with Crippen molar-refractivity contribution in [3.63, 3.8) is 0 Å². The standard InChI is InChI=1S/C21H15ClN2O2/c1-25-13-6-4-5-12(9-13)19-16-10-18(22)14-7-2-3-8-15(14)20(16)26-21(24)17(19)11-23/h2-10,17,19,24H,1H3. The topological polar surface area (TPSA) is 66.1 Å². The van der Waals surface area contributed by atoms with Gasteiger partial charge < -0.3 is 9.47 Å². The molecule has 0 bridgehead atoms. The number of nitriles is 1. The second-order valence-corrected chi connectivity index (χ2v) is 6.56. The highest BCUT2D eigenvalue weighted by molar-refractivity contribution is 6.36. The fraction of sp³-hybridized carbons (Fsp3) is 0.143. The van der Waals surface area contributed by atoms with E-state index < -0.39 is 5.92 Å². The van der Waals surface area contributed by atoms with E-state index in [9.17, 15) is 5.26 Å². The van der Waals surface area contributed by atoms with Crippen molar-refractivity contribution in [2.75, 3.05) is 7.11 Å². The smallest absolute Gasteiger partial charge is 0.205 e. The molecule has 1 N–H and O–H groups in total. The summed E-state index contributed by atoms with van der Waals surface area (Å²) in [6.07, 6.45) is 0. The molecule has 128 valence electrons. The van der Waals surface area contributed by atoms with Crippen LogP contribution in [0, 0.1) is 22.7 Å². The van der Waals surface area contributed by atoms with Crippen LogP contribution < -0.4 is 9.47 Å². The zero-order chi connectivity index (χ0) is 18.3. The molecule has 0 fully saturated rings. The lowest BCUT2D eigenvalue weighted by Gasteiger charge is -2.31. The second-order valence-electron chi connectivity index (χ2n) is 6.15. The lowest BCUT2D eigenvalue weighted by molar-refractivity contribution is 0.412. The first-order chi connectivity index (χ1) is 12.6. The summed E-state index contributed by atoms with van der Waals surface area (Å²) < 4.78 is 11.1. The van der Waals surface area contributed by atoms with E-state index in [2.05, 4.69) is 6.07 Å². The maximum Gasteiger partial charge on any atom is 0.205 e. The molecule has 0 aliphatic carbocycles. The highest BCUT2D eigenvalue weighted by Crippen LogP contribution is 2.47. The normalized spacial score (nSPS) is 18.7. The Morgan fingerprint density at radius 3 is 2.62 bits per heavy atom. The minimum Gasteiger partial charge on any atom is -0.497 e. The van der Waals surface area contributed by atoms with Gasteiger partial charge in [0.2, 0.25) is 5.90 Å². The predicted octanol–water partition coefficient (Wildman–Crippen LogP) is 5.14. The molecule has 3 aromatic carbocycles. The summed E-state index contributed by atoms with van der Waals surface area (Å²) in [5.41, 5.74) is 1.70. The quantitative estimate of drug-likeness (QED) is 0.686. The van der Waals surface area contributed by atoms with Gasteiger partial charge in [-0.3, -0.25) is 5.41 Å². The van der Waals surface area contributed by atoms with Crippen molar-refractivity contribution in [3.05, 3.63) is 70.7 Å². The molecule has 1 aliphatic heterocycles. The van der Waals surface area contributed by atoms with Crippen molar-refractivity contribution in [2.45, 2.75) is 5.92 Å². The Hall–Kier alpha value is -3.03. The molecule has 0 saturated carbocycles. The van der Waals surface area contributed by atoms with Gasteiger partial charge in [-0.2, -0.15) is 5.26 Å². The molecule has 0 aromatic heterocycles. The average Bonchev–Trinajstić information content (AvgIpc) is 2.68. The lowest BCUT2D eigenvalue weighted by Crippen LogP contribution is -2.31. The molecule has 3 aromatic rings. The molecule has 4 nitrogen and oxygen atoms in total. The first-order valence-electron chi connectivity index (χ1n) is 8.15. The molecule has 0 amide bonds. The number of halogens is 1. The maximum absolute atomic E-state index is 9.69. The molecular weight excluding hydrogens is 348 g/mol. The molecule has 1 aliphatic rings. The number of hydrogen-bond acceptors (Lipinski definition) is 4. The summed E-state index contributed by atoms with van der Waals surface area (Å²) in [5, 5.41) is 20.3. The first kappa shape index (κ1) is 16.4. The van der Waals surface area contributed by atoms with Crippen molar-refractivity contribution in [3.8, 4) is 17.6 Å². The zero-order valence-corrected chi connectivity index (χ0v) is 14.7. The SMILES string of the molecule is COc1cccc(C2c3cc(Cl)c4ccccc4c3OC(=N)C2C#N)c1. The Balaban J connectivity index is 2.02. The van der Waals surface area contributed by atoms with Crippen LogP contribution >= 0.6 is 11.6 Å². The van der Waals surface area contributed by atoms with Gasteiger partial charge in [-0.15, -0.1) is 0 Å². The number of ether oxygens (including phenoxy) is 2. The molecule has 0 saturated heterocycles. The number of benzene rings is 3. The molecule has 26 heavy (non-hydrogen) atoms. The van der Waals surface area contributed by atoms with Crippen LogP contribution in [-0.2, 0) is 0 Å². The van der Waals surface area contributed by atoms with Crippen LogP contribution in [0.1, 0.15) is 17.0 Å². The van der Waals surface area contributed by atoms with Crippen molar-refractivity contribution in [2.24, 2.45) is 5.92 Å². The summed E-state index contributed by atoms with van der Waals surface area (Å²) in [5.74, 6) is 0.153. The summed E-state index contributed by atoms with van der Waals surface area (Å²) in [6, 6.07) is 19.3. The van der Waals surface area contributed by atoms with Crippen LogP contribution in [0.5, 0.6) is 11.5 Å². The zero-order valence-electron chi connectivity index (χ0n) is 14.0. The third-order valence-electron chi connectivity index (χ3n) is 4.73. The van der Waals surface area contributed by atoms with Crippen molar-refractivity contribution in [1.29, 1.82) is 10.7 Å². The molecule has 1 heterocycles. The van der Waals surface area contributed by atoms with E-state index in [-0.39, 0.29) is 11.8 Å². The van der Waals surface area contributed by atoms with Crippen molar-refractivity contribution < 1.29 is 9.47 Å². The molecule has 4 rings (SSSR count). The van der Waals surface area contributed by atoms with E-state index >= 15 is 0 Å². The molecule has 0 spiro atoms. The van der Waals surface area contributed by atoms with Gasteiger partial charge in [0, 0.05) is 27.3 Å². The summed E-state index contributed by atoms with van der Waals surface area (Å²) in [6.45, 7) is 0. The van der Waals surface area contributed by atoms with Crippen LogP contribution in [0.25, 0.3) is 10.8 Å². The van der Waals surface area contributed by atoms with Gasteiger partial charge in [0.15, 0.2) is 0 Å². The summed E-state index contributed by atoms with van der Waals surface area (Å²) in [7, 11) is 1.60. The van der Waals surface area contributed by atoms with Crippen LogP contribution in [0.4, 0.5) is 0 Å². The molecule has 2 unspecified atom stereocenters. The third kappa shape index (κ3) is 2.49. The Kier molecular flexibility index (Phi) is 4.02. The maximum atomic E-state index is 9.69. The number of methoxy groups -OCH3 is 1. The van der Waals surface area contributed by atoms with Crippen LogP contribution in [0.2, 0.25) is 5.02 Å². The Labute approximate surface area is 156 Å². The van der Waals surface area contributed by atoms with E-state index in [1.54, 1.807) is 7.11 Å². The van der Waals surface area contributed by atoms with Gasteiger partial charge in [0.05, 0.1) is 13.2 Å². The van der Waals surface area contributed by atoms with Gasteiger partial charge in [-0.1, -0.05) is 48.0 Å². The highest BCUT2D eigenvalue weighted by atomic mass is 35.5. The first-order valence-corrected chi connectivity index (χ1v) is 8.53. The predicted molar refractivity (Wildman–Crippen MR) is 101 cm³/mol. The largest absolute Gasteiger partial charge is 0.497 e. The number of hydrogen-bond donors (Lipinski definition) is 1. The third-order valence-corrected chi connectivity index (χ3v) is 5.04. The fourth-order valence-electron chi connectivity index (χ4n) is 3.51. The van der Waals surface area contributed by atoms with Crippen molar-refractivity contribution in [1.82, 2.24) is 0 Å².